The maximum Gasteiger partial charge on any atom is 0.248 e. The molecule has 0 saturated carbocycles. The highest BCUT2D eigenvalue weighted by atomic mass is 35.5. The molecule has 5 nitrogen and oxygen atoms in total. The Bertz CT molecular complexity index is 912. The van der Waals surface area contributed by atoms with Crippen LogP contribution in [0.4, 0.5) is 16.0 Å². The average Bonchev–Trinajstić information content (AvgIpc) is 2.98. The van der Waals surface area contributed by atoms with Crippen molar-refractivity contribution in [1.82, 2.24) is 14.8 Å². The number of hydrogen-bond donors (Lipinski definition) is 2. The van der Waals surface area contributed by atoms with E-state index in [2.05, 4.69) is 26.8 Å². The van der Waals surface area contributed by atoms with Crippen molar-refractivity contribution in [1.29, 1.82) is 0 Å². The number of anilines is 2. The van der Waals surface area contributed by atoms with E-state index in [-0.39, 0.29) is 10.1 Å². The van der Waals surface area contributed by atoms with Crippen molar-refractivity contribution >= 4 is 40.6 Å². The Balaban J connectivity index is 1.60. The molecule has 0 atom stereocenters. The van der Waals surface area contributed by atoms with Gasteiger partial charge in [0.15, 0.2) is 5.11 Å². The number of aryl methyl sites for hydroxylation is 1. The molecule has 2 aromatic carbocycles. The van der Waals surface area contributed by atoms with Crippen LogP contribution >= 0.6 is 23.8 Å². The summed E-state index contributed by atoms with van der Waals surface area (Å²) in [5.74, 6) is -0.110. The van der Waals surface area contributed by atoms with Crippen LogP contribution in [-0.4, -0.2) is 19.9 Å². The zero-order valence-corrected chi connectivity index (χ0v) is 14.9. The van der Waals surface area contributed by atoms with E-state index in [0.29, 0.717) is 18.2 Å². The molecule has 0 saturated heterocycles. The second-order valence-electron chi connectivity index (χ2n) is 5.46. The third-order valence-electron chi connectivity index (χ3n) is 3.37. The monoisotopic (exact) mass is 375 g/mol. The number of benzene rings is 2. The minimum absolute atomic E-state index is 0.0216. The Labute approximate surface area is 154 Å². The lowest BCUT2D eigenvalue weighted by Gasteiger charge is -2.08. The fourth-order valence-electron chi connectivity index (χ4n) is 2.26. The van der Waals surface area contributed by atoms with Gasteiger partial charge < -0.3 is 5.32 Å². The van der Waals surface area contributed by atoms with Gasteiger partial charge in [-0.3, -0.25) is 5.32 Å². The third kappa shape index (κ3) is 4.74. The third-order valence-corrected chi connectivity index (χ3v) is 3.86. The molecular formula is C17H15ClFN5S. The summed E-state index contributed by atoms with van der Waals surface area (Å²) in [6.45, 7) is 2.66. The first-order valence-corrected chi connectivity index (χ1v) is 8.26. The summed E-state index contributed by atoms with van der Waals surface area (Å²) in [6, 6.07) is 12.4. The van der Waals surface area contributed by atoms with E-state index >= 15 is 0 Å². The highest BCUT2D eigenvalue weighted by molar-refractivity contribution is 7.80. The van der Waals surface area contributed by atoms with Crippen LogP contribution in [-0.2, 0) is 6.54 Å². The van der Waals surface area contributed by atoms with Crippen molar-refractivity contribution in [2.75, 3.05) is 10.6 Å². The Morgan fingerprint density at radius 1 is 1.24 bits per heavy atom. The van der Waals surface area contributed by atoms with Crippen LogP contribution in [0.15, 0.2) is 48.8 Å². The van der Waals surface area contributed by atoms with Gasteiger partial charge in [0.05, 0.1) is 11.6 Å². The number of halogens is 2. The van der Waals surface area contributed by atoms with Crippen molar-refractivity contribution in [2.24, 2.45) is 0 Å². The second-order valence-corrected chi connectivity index (χ2v) is 6.28. The van der Waals surface area contributed by atoms with E-state index in [1.807, 2.05) is 25.1 Å². The zero-order valence-electron chi connectivity index (χ0n) is 13.3. The van der Waals surface area contributed by atoms with Gasteiger partial charge in [-0.1, -0.05) is 41.4 Å². The molecule has 8 heteroatoms. The average molecular weight is 376 g/mol. The summed E-state index contributed by atoms with van der Waals surface area (Å²) in [7, 11) is 0. The van der Waals surface area contributed by atoms with Gasteiger partial charge in [0.2, 0.25) is 5.95 Å². The van der Waals surface area contributed by atoms with Crippen LogP contribution < -0.4 is 10.6 Å². The van der Waals surface area contributed by atoms with Gasteiger partial charge in [-0.25, -0.2) is 14.1 Å². The number of aromatic nitrogens is 3. The van der Waals surface area contributed by atoms with Gasteiger partial charge in [-0.05, 0) is 42.9 Å². The maximum atomic E-state index is 13.2. The Hall–Kier alpha value is -2.51. The van der Waals surface area contributed by atoms with Crippen molar-refractivity contribution in [3.05, 3.63) is 70.8 Å². The van der Waals surface area contributed by atoms with E-state index < -0.39 is 5.82 Å². The zero-order chi connectivity index (χ0) is 17.8. The lowest BCUT2D eigenvalue weighted by Crippen LogP contribution is -2.20. The van der Waals surface area contributed by atoms with Crippen LogP contribution in [0.2, 0.25) is 5.02 Å². The van der Waals surface area contributed by atoms with Crippen molar-refractivity contribution in [3.63, 3.8) is 0 Å². The molecule has 0 aliphatic carbocycles. The molecule has 2 N–H and O–H groups in total. The van der Waals surface area contributed by atoms with Crippen LogP contribution in [0, 0.1) is 12.7 Å². The molecule has 3 aromatic rings. The molecule has 1 aromatic heterocycles. The number of nitrogens with zero attached hydrogens (tertiary/aromatic N) is 3. The summed E-state index contributed by atoms with van der Waals surface area (Å²) in [5.41, 5.74) is 2.90. The van der Waals surface area contributed by atoms with Gasteiger partial charge in [-0.2, -0.15) is 0 Å². The molecule has 1 heterocycles. The van der Waals surface area contributed by atoms with Crippen LogP contribution in [0.3, 0.4) is 0 Å². The molecule has 128 valence electrons. The SMILES string of the molecule is Cc1cccc(Cn2cnc(NC(=S)Nc3ccc(F)c(Cl)c3)n2)c1. The van der Waals surface area contributed by atoms with E-state index in [9.17, 15) is 4.39 Å². The van der Waals surface area contributed by atoms with E-state index in [1.54, 1.807) is 17.1 Å². The number of hydrogen-bond acceptors (Lipinski definition) is 3. The molecule has 0 aliphatic heterocycles. The van der Waals surface area contributed by atoms with E-state index in [4.69, 9.17) is 23.8 Å². The van der Waals surface area contributed by atoms with Gasteiger partial charge in [0, 0.05) is 5.69 Å². The first-order chi connectivity index (χ1) is 12.0. The standard InChI is InChI=1S/C17H15ClFN5S/c1-11-3-2-4-12(7-11)9-24-10-20-16(23-24)22-17(25)21-13-5-6-15(19)14(18)8-13/h2-8,10H,9H2,1H3,(H2,21,22,23,25). The smallest absolute Gasteiger partial charge is 0.248 e. The second kappa shape index (κ2) is 7.58. The largest absolute Gasteiger partial charge is 0.332 e. The quantitative estimate of drug-likeness (QED) is 0.668. The fraction of sp³-hybridized carbons (Fsp3) is 0.118. The van der Waals surface area contributed by atoms with Crippen molar-refractivity contribution in [2.45, 2.75) is 13.5 Å². The highest BCUT2D eigenvalue weighted by Gasteiger charge is 2.06. The minimum atomic E-state index is -0.484. The van der Waals surface area contributed by atoms with Crippen molar-refractivity contribution in [3.8, 4) is 0 Å². The molecule has 0 radical (unpaired) electrons. The molecule has 0 fully saturated rings. The summed E-state index contributed by atoms with van der Waals surface area (Å²) in [5, 5.41) is 10.4. The summed E-state index contributed by atoms with van der Waals surface area (Å²) < 4.78 is 14.9. The predicted octanol–water partition coefficient (Wildman–Crippen LogP) is 4.24. The van der Waals surface area contributed by atoms with Crippen LogP contribution in [0.1, 0.15) is 11.1 Å². The van der Waals surface area contributed by atoms with Gasteiger partial charge in [-0.15, -0.1) is 5.10 Å². The summed E-state index contributed by atoms with van der Waals surface area (Å²) in [4.78, 5) is 4.18. The number of thiocarbonyl (C=S) groups is 1. The Morgan fingerprint density at radius 3 is 2.84 bits per heavy atom. The lowest BCUT2D eigenvalue weighted by atomic mass is 10.1. The Kier molecular flexibility index (Phi) is 5.25. The predicted molar refractivity (Wildman–Crippen MR) is 102 cm³/mol. The summed E-state index contributed by atoms with van der Waals surface area (Å²) >= 11 is 10.9. The minimum Gasteiger partial charge on any atom is -0.332 e. The lowest BCUT2D eigenvalue weighted by molar-refractivity contribution is 0.628. The fourth-order valence-corrected chi connectivity index (χ4v) is 2.65. The first-order valence-electron chi connectivity index (χ1n) is 7.47. The first kappa shape index (κ1) is 17.3. The molecule has 0 aliphatic rings. The Morgan fingerprint density at radius 2 is 2.08 bits per heavy atom. The van der Waals surface area contributed by atoms with E-state index in [1.165, 1.54) is 17.7 Å². The topological polar surface area (TPSA) is 54.8 Å². The van der Waals surface area contributed by atoms with Crippen LogP contribution in [0.25, 0.3) is 0 Å². The van der Waals surface area contributed by atoms with Crippen LogP contribution in [0.5, 0.6) is 0 Å². The van der Waals surface area contributed by atoms with Crippen molar-refractivity contribution < 1.29 is 4.39 Å². The molecule has 0 bridgehead atoms. The number of nitrogens with one attached hydrogen (secondary N) is 2. The molecule has 3 rings (SSSR count). The molecular weight excluding hydrogens is 361 g/mol. The van der Waals surface area contributed by atoms with Gasteiger partial charge >= 0.3 is 0 Å². The van der Waals surface area contributed by atoms with Gasteiger partial charge in [0.25, 0.3) is 0 Å². The molecule has 25 heavy (non-hydrogen) atoms. The molecule has 0 spiro atoms. The maximum absolute atomic E-state index is 13.2. The number of rotatable bonds is 4. The van der Waals surface area contributed by atoms with E-state index in [0.717, 1.165) is 5.56 Å². The highest BCUT2D eigenvalue weighted by Crippen LogP contribution is 2.19. The normalized spacial score (nSPS) is 10.5. The summed E-state index contributed by atoms with van der Waals surface area (Å²) in [6.07, 6.45) is 1.63. The molecule has 0 unspecified atom stereocenters. The van der Waals surface area contributed by atoms with Gasteiger partial charge in [0.1, 0.15) is 12.1 Å². The molecule has 0 amide bonds.